The highest BCUT2D eigenvalue weighted by Gasteiger charge is 2.23. The minimum Gasteiger partial charge on any atom is -0.448 e. The highest BCUT2D eigenvalue weighted by atomic mass is 35.5. The number of halogens is 1. The Morgan fingerprint density at radius 3 is 2.79 bits per heavy atom. The van der Waals surface area contributed by atoms with Crippen molar-refractivity contribution in [2.75, 3.05) is 7.05 Å². The van der Waals surface area contributed by atoms with Crippen LogP contribution in [0.2, 0.25) is 5.22 Å². The Bertz CT molecular complexity index is 293. The molecule has 1 aliphatic rings. The zero-order chi connectivity index (χ0) is 9.97. The van der Waals surface area contributed by atoms with Crippen LogP contribution in [0.1, 0.15) is 37.5 Å². The van der Waals surface area contributed by atoms with Crippen molar-refractivity contribution in [2.24, 2.45) is 5.92 Å². The van der Waals surface area contributed by atoms with Crippen LogP contribution in [0.15, 0.2) is 16.5 Å². The highest BCUT2D eigenvalue weighted by Crippen LogP contribution is 2.35. The Hall–Kier alpha value is -0.470. The lowest BCUT2D eigenvalue weighted by Crippen LogP contribution is -2.22. The van der Waals surface area contributed by atoms with Crippen LogP contribution in [-0.4, -0.2) is 7.05 Å². The summed E-state index contributed by atoms with van der Waals surface area (Å²) in [7, 11) is 1.97. The van der Waals surface area contributed by atoms with Gasteiger partial charge in [-0.3, -0.25) is 0 Å². The Morgan fingerprint density at radius 2 is 2.36 bits per heavy atom. The largest absolute Gasteiger partial charge is 0.448 e. The predicted molar refractivity (Wildman–Crippen MR) is 57.5 cm³/mol. The van der Waals surface area contributed by atoms with E-state index in [9.17, 15) is 0 Å². The molecule has 3 heteroatoms. The average molecular weight is 214 g/mol. The lowest BCUT2D eigenvalue weighted by Gasteiger charge is -2.28. The van der Waals surface area contributed by atoms with Crippen LogP contribution in [0.3, 0.4) is 0 Å². The normalized spacial score (nSPS) is 19.3. The topological polar surface area (TPSA) is 25.2 Å². The third-order valence-corrected chi connectivity index (χ3v) is 3.28. The molecule has 2 rings (SSSR count). The first-order chi connectivity index (χ1) is 6.79. The maximum atomic E-state index is 5.75. The smallest absolute Gasteiger partial charge is 0.193 e. The van der Waals surface area contributed by atoms with E-state index in [4.69, 9.17) is 16.0 Å². The van der Waals surface area contributed by atoms with E-state index >= 15 is 0 Å². The maximum absolute atomic E-state index is 5.75. The summed E-state index contributed by atoms with van der Waals surface area (Å²) in [5.74, 6) is 1.83. The van der Waals surface area contributed by atoms with Crippen LogP contribution in [0.5, 0.6) is 0 Å². The Labute approximate surface area is 89.6 Å². The van der Waals surface area contributed by atoms with Gasteiger partial charge in [-0.15, -0.1) is 0 Å². The van der Waals surface area contributed by atoms with Crippen molar-refractivity contribution in [3.8, 4) is 0 Å². The predicted octanol–water partition coefficient (Wildman–Crippen LogP) is 3.38. The zero-order valence-electron chi connectivity index (χ0n) is 8.42. The summed E-state index contributed by atoms with van der Waals surface area (Å²) in [6, 6.07) is 4.09. The van der Waals surface area contributed by atoms with E-state index in [2.05, 4.69) is 5.32 Å². The molecule has 1 heterocycles. The Kier molecular flexibility index (Phi) is 3.14. The van der Waals surface area contributed by atoms with Gasteiger partial charge in [0.25, 0.3) is 0 Å². The van der Waals surface area contributed by atoms with Crippen LogP contribution >= 0.6 is 11.6 Å². The summed E-state index contributed by atoms with van der Waals surface area (Å²) < 4.78 is 5.41. The lowest BCUT2D eigenvalue weighted by atomic mass is 9.80. The fourth-order valence-electron chi connectivity index (χ4n) is 1.95. The molecule has 0 amide bonds. The van der Waals surface area contributed by atoms with E-state index in [1.165, 1.54) is 25.7 Å². The Balaban J connectivity index is 1.97. The molecule has 1 saturated carbocycles. The fourth-order valence-corrected chi connectivity index (χ4v) is 2.11. The first-order valence-electron chi connectivity index (χ1n) is 5.22. The van der Waals surface area contributed by atoms with Gasteiger partial charge in [0.15, 0.2) is 5.22 Å². The van der Waals surface area contributed by atoms with Crippen molar-refractivity contribution < 1.29 is 4.42 Å². The first kappa shape index (κ1) is 10.1. The second-order valence-electron chi connectivity index (χ2n) is 4.02. The number of furan rings is 1. The summed E-state index contributed by atoms with van der Waals surface area (Å²) >= 11 is 5.75. The van der Waals surface area contributed by atoms with Crippen LogP contribution < -0.4 is 5.32 Å². The molecule has 2 nitrogen and oxygen atoms in total. The van der Waals surface area contributed by atoms with Crippen LogP contribution in [0, 0.1) is 5.92 Å². The minimum atomic E-state index is 0.327. The maximum Gasteiger partial charge on any atom is 0.193 e. The van der Waals surface area contributed by atoms with Gasteiger partial charge in [-0.2, -0.15) is 0 Å². The molecule has 1 aromatic rings. The molecule has 1 fully saturated rings. The van der Waals surface area contributed by atoms with Gasteiger partial charge in [0.1, 0.15) is 5.76 Å². The van der Waals surface area contributed by atoms with E-state index in [0.717, 1.165) is 11.7 Å². The SMILES string of the molecule is CNC(CC1CCC1)c1ccc(Cl)o1. The van der Waals surface area contributed by atoms with Gasteiger partial charge in [0.2, 0.25) is 0 Å². The Morgan fingerprint density at radius 1 is 1.57 bits per heavy atom. The van der Waals surface area contributed by atoms with Crippen LogP contribution in [0.4, 0.5) is 0 Å². The molecular formula is C11H16ClNO. The summed E-state index contributed by atoms with van der Waals surface area (Å²) in [4.78, 5) is 0. The first-order valence-corrected chi connectivity index (χ1v) is 5.60. The molecule has 1 unspecified atom stereocenters. The molecule has 0 bridgehead atoms. The molecule has 0 saturated heterocycles. The van der Waals surface area contributed by atoms with E-state index in [1.807, 2.05) is 19.2 Å². The van der Waals surface area contributed by atoms with Crippen molar-refractivity contribution in [1.82, 2.24) is 5.32 Å². The third kappa shape index (κ3) is 2.12. The molecule has 1 N–H and O–H groups in total. The average Bonchev–Trinajstić information content (AvgIpc) is 2.50. The number of rotatable bonds is 4. The van der Waals surface area contributed by atoms with E-state index < -0.39 is 0 Å². The van der Waals surface area contributed by atoms with Gasteiger partial charge >= 0.3 is 0 Å². The molecule has 1 aromatic heterocycles. The molecule has 0 aromatic carbocycles. The van der Waals surface area contributed by atoms with Gasteiger partial charge in [0, 0.05) is 0 Å². The standard InChI is InChI=1S/C11H16ClNO/c1-13-9(7-8-3-2-4-8)10-5-6-11(12)14-10/h5-6,8-9,13H,2-4,7H2,1H3. The van der Waals surface area contributed by atoms with Gasteiger partial charge < -0.3 is 9.73 Å². The second-order valence-corrected chi connectivity index (χ2v) is 4.39. The van der Waals surface area contributed by atoms with Crippen molar-refractivity contribution in [3.05, 3.63) is 23.1 Å². The minimum absolute atomic E-state index is 0.327. The van der Waals surface area contributed by atoms with E-state index in [1.54, 1.807) is 0 Å². The monoisotopic (exact) mass is 213 g/mol. The van der Waals surface area contributed by atoms with Crippen LogP contribution in [0.25, 0.3) is 0 Å². The molecular weight excluding hydrogens is 198 g/mol. The third-order valence-electron chi connectivity index (χ3n) is 3.08. The summed E-state index contributed by atoms with van der Waals surface area (Å²) in [6.45, 7) is 0. The molecule has 0 radical (unpaired) electrons. The van der Waals surface area contributed by atoms with Crippen molar-refractivity contribution in [1.29, 1.82) is 0 Å². The molecule has 1 atom stereocenters. The number of hydrogen-bond donors (Lipinski definition) is 1. The summed E-state index contributed by atoms with van der Waals surface area (Å²) in [5.41, 5.74) is 0. The number of hydrogen-bond acceptors (Lipinski definition) is 2. The van der Waals surface area contributed by atoms with Gasteiger partial charge in [-0.1, -0.05) is 19.3 Å². The fraction of sp³-hybridized carbons (Fsp3) is 0.636. The molecule has 1 aliphatic carbocycles. The summed E-state index contributed by atoms with van der Waals surface area (Å²) in [6.07, 6.45) is 5.29. The lowest BCUT2D eigenvalue weighted by molar-refractivity contribution is 0.252. The zero-order valence-corrected chi connectivity index (χ0v) is 9.18. The quantitative estimate of drug-likeness (QED) is 0.830. The van der Waals surface area contributed by atoms with E-state index in [-0.39, 0.29) is 0 Å². The van der Waals surface area contributed by atoms with Crippen molar-refractivity contribution in [2.45, 2.75) is 31.7 Å². The van der Waals surface area contributed by atoms with Crippen LogP contribution in [-0.2, 0) is 0 Å². The van der Waals surface area contributed by atoms with Crippen molar-refractivity contribution >= 4 is 11.6 Å². The van der Waals surface area contributed by atoms with E-state index in [0.29, 0.717) is 11.3 Å². The van der Waals surface area contributed by atoms with Gasteiger partial charge in [-0.25, -0.2) is 0 Å². The van der Waals surface area contributed by atoms with Crippen molar-refractivity contribution in [3.63, 3.8) is 0 Å². The molecule has 0 aliphatic heterocycles. The molecule has 0 spiro atoms. The van der Waals surface area contributed by atoms with Gasteiger partial charge in [0.05, 0.1) is 6.04 Å². The molecule has 78 valence electrons. The second kappa shape index (κ2) is 4.37. The molecule has 14 heavy (non-hydrogen) atoms. The number of nitrogens with one attached hydrogen (secondary N) is 1. The summed E-state index contributed by atoms with van der Waals surface area (Å²) in [5, 5.41) is 3.76. The van der Waals surface area contributed by atoms with Gasteiger partial charge in [-0.05, 0) is 43.1 Å². The highest BCUT2D eigenvalue weighted by molar-refractivity contribution is 6.28.